The van der Waals surface area contributed by atoms with Gasteiger partial charge >= 0.3 is 0 Å². The summed E-state index contributed by atoms with van der Waals surface area (Å²) in [6.07, 6.45) is 5.60. The Morgan fingerprint density at radius 2 is 1.79 bits per heavy atom. The molecule has 2 aliphatic rings. The summed E-state index contributed by atoms with van der Waals surface area (Å²) < 4.78 is 5.14. The second kappa shape index (κ2) is 7.86. The molecule has 2 fully saturated rings. The number of ether oxygens (including phenoxy) is 1. The number of carbonyl (C=O) groups is 2. The van der Waals surface area contributed by atoms with Gasteiger partial charge in [0.05, 0.1) is 0 Å². The lowest BCUT2D eigenvalue weighted by molar-refractivity contribution is -0.141. The van der Waals surface area contributed by atoms with E-state index in [2.05, 4.69) is 49.3 Å². The summed E-state index contributed by atoms with van der Waals surface area (Å²) in [4.78, 5) is 27.7. The molecular formula is C23H34N2O3. The monoisotopic (exact) mass is 386 g/mol. The molecule has 0 unspecified atom stereocenters. The fourth-order valence-corrected chi connectivity index (χ4v) is 5.05. The fourth-order valence-electron chi connectivity index (χ4n) is 5.05. The summed E-state index contributed by atoms with van der Waals surface area (Å²) in [7, 11) is 4.35. The number of benzene rings is 1. The average Bonchev–Trinajstić information content (AvgIpc) is 2.97. The van der Waals surface area contributed by atoms with Crippen molar-refractivity contribution in [2.45, 2.75) is 63.5 Å². The van der Waals surface area contributed by atoms with E-state index in [1.165, 1.54) is 5.56 Å². The van der Waals surface area contributed by atoms with E-state index in [1.54, 1.807) is 0 Å². The molecule has 1 amide bonds. The Balaban J connectivity index is 1.66. The third-order valence-electron chi connectivity index (χ3n) is 7.06. The van der Waals surface area contributed by atoms with E-state index in [9.17, 15) is 9.59 Å². The van der Waals surface area contributed by atoms with Crippen molar-refractivity contribution in [2.75, 3.05) is 27.2 Å². The minimum Gasteiger partial charge on any atom is -0.462 e. The fraction of sp³-hybridized carbons (Fsp3) is 0.652. The molecule has 154 valence electrons. The minimum atomic E-state index is -0.530. The van der Waals surface area contributed by atoms with E-state index in [0.29, 0.717) is 25.9 Å². The van der Waals surface area contributed by atoms with Crippen molar-refractivity contribution in [3.05, 3.63) is 35.9 Å². The number of likely N-dealkylation sites (tertiary alicyclic amines) is 1. The van der Waals surface area contributed by atoms with Crippen LogP contribution >= 0.6 is 0 Å². The van der Waals surface area contributed by atoms with Crippen LogP contribution in [-0.2, 0) is 19.9 Å². The van der Waals surface area contributed by atoms with Gasteiger partial charge in [-0.25, -0.2) is 0 Å². The van der Waals surface area contributed by atoms with E-state index in [0.717, 1.165) is 32.2 Å². The number of hydrogen-bond acceptors (Lipinski definition) is 4. The molecule has 1 aliphatic carbocycles. The molecule has 0 bridgehead atoms. The van der Waals surface area contributed by atoms with Crippen LogP contribution in [0.5, 0.6) is 0 Å². The lowest BCUT2D eigenvalue weighted by atomic mass is 9.64. The van der Waals surface area contributed by atoms with Crippen LogP contribution in [0, 0.1) is 5.41 Å². The van der Waals surface area contributed by atoms with Gasteiger partial charge in [0.15, 0.2) is 0 Å². The first-order valence-corrected chi connectivity index (χ1v) is 10.3. The molecular weight excluding hydrogens is 352 g/mol. The second-order valence-corrected chi connectivity index (χ2v) is 9.51. The van der Waals surface area contributed by atoms with Crippen LogP contribution in [0.3, 0.4) is 0 Å². The summed E-state index contributed by atoms with van der Waals surface area (Å²) in [6, 6.07) is 10.8. The van der Waals surface area contributed by atoms with Gasteiger partial charge in [-0.2, -0.15) is 0 Å². The maximum atomic E-state index is 12.7. The normalized spacial score (nSPS) is 28.2. The van der Waals surface area contributed by atoms with Gasteiger partial charge in [-0.3, -0.25) is 14.5 Å². The molecule has 0 N–H and O–H groups in total. The summed E-state index contributed by atoms with van der Waals surface area (Å²) >= 11 is 0. The van der Waals surface area contributed by atoms with Crippen molar-refractivity contribution in [3.8, 4) is 0 Å². The van der Waals surface area contributed by atoms with Crippen molar-refractivity contribution in [1.29, 1.82) is 0 Å². The molecule has 28 heavy (non-hydrogen) atoms. The Hall–Kier alpha value is -1.88. The zero-order chi connectivity index (χ0) is 20.4. The largest absolute Gasteiger partial charge is 0.462 e. The summed E-state index contributed by atoms with van der Waals surface area (Å²) in [6.45, 7) is 5.77. The van der Waals surface area contributed by atoms with Crippen LogP contribution < -0.4 is 0 Å². The first-order chi connectivity index (χ1) is 13.2. The van der Waals surface area contributed by atoms with Crippen molar-refractivity contribution < 1.29 is 14.3 Å². The SMILES string of the molecule is CN(C)C1(c2ccccc2)CCC2(CC1)CC(=O)N(CCC(C)(C)OC=O)C2. The van der Waals surface area contributed by atoms with Crippen LogP contribution in [0.15, 0.2) is 30.3 Å². The van der Waals surface area contributed by atoms with Crippen molar-refractivity contribution in [1.82, 2.24) is 9.80 Å². The number of carbonyl (C=O) groups excluding carboxylic acids is 2. The van der Waals surface area contributed by atoms with E-state index in [1.807, 2.05) is 18.7 Å². The molecule has 1 aliphatic heterocycles. The first kappa shape index (κ1) is 20.8. The van der Waals surface area contributed by atoms with Crippen LogP contribution in [-0.4, -0.2) is 55.0 Å². The predicted octanol–water partition coefficient (Wildman–Crippen LogP) is 3.58. The Morgan fingerprint density at radius 1 is 1.14 bits per heavy atom. The van der Waals surface area contributed by atoms with Gasteiger partial charge in [0.2, 0.25) is 5.91 Å². The first-order valence-electron chi connectivity index (χ1n) is 10.3. The topological polar surface area (TPSA) is 49.9 Å². The highest BCUT2D eigenvalue weighted by molar-refractivity contribution is 5.79. The van der Waals surface area contributed by atoms with Crippen LogP contribution in [0.2, 0.25) is 0 Å². The minimum absolute atomic E-state index is 0.0583. The average molecular weight is 387 g/mol. The summed E-state index contributed by atoms with van der Waals surface area (Å²) in [5, 5.41) is 0. The van der Waals surface area contributed by atoms with Gasteiger partial charge in [0, 0.05) is 31.5 Å². The van der Waals surface area contributed by atoms with Gasteiger partial charge < -0.3 is 9.64 Å². The van der Waals surface area contributed by atoms with E-state index < -0.39 is 5.60 Å². The molecule has 1 spiro atoms. The van der Waals surface area contributed by atoms with Gasteiger partial charge in [0.25, 0.3) is 6.47 Å². The van der Waals surface area contributed by atoms with Gasteiger partial charge in [-0.15, -0.1) is 0 Å². The van der Waals surface area contributed by atoms with Gasteiger partial charge in [-0.05, 0) is 64.6 Å². The molecule has 0 radical (unpaired) electrons. The maximum Gasteiger partial charge on any atom is 0.293 e. The summed E-state index contributed by atoms with van der Waals surface area (Å²) in [5.41, 5.74) is 1.01. The smallest absolute Gasteiger partial charge is 0.293 e. The molecule has 5 nitrogen and oxygen atoms in total. The third-order valence-corrected chi connectivity index (χ3v) is 7.06. The third kappa shape index (κ3) is 4.09. The molecule has 1 aromatic rings. The Bertz CT molecular complexity index is 691. The molecule has 0 atom stereocenters. The quantitative estimate of drug-likeness (QED) is 0.672. The Kier molecular flexibility index (Phi) is 5.85. The van der Waals surface area contributed by atoms with Crippen LogP contribution in [0.4, 0.5) is 0 Å². The number of amides is 1. The molecule has 1 saturated heterocycles. The number of hydrogen-bond donors (Lipinski definition) is 0. The molecule has 1 heterocycles. The Labute approximate surface area is 169 Å². The van der Waals surface area contributed by atoms with E-state index in [4.69, 9.17) is 4.74 Å². The maximum absolute atomic E-state index is 12.7. The Morgan fingerprint density at radius 3 is 2.36 bits per heavy atom. The summed E-state index contributed by atoms with van der Waals surface area (Å²) in [5.74, 6) is 0.249. The highest BCUT2D eigenvalue weighted by Gasteiger charge is 2.50. The molecule has 5 heteroatoms. The standard InChI is InChI=1S/C23H34N2O3/c1-21(2,28-18-26)14-15-25-17-22(16-20(25)27)10-12-23(13-11-22,24(3)4)19-8-6-5-7-9-19/h5-9,18H,10-17H2,1-4H3. The highest BCUT2D eigenvalue weighted by Crippen LogP contribution is 2.52. The molecule has 3 rings (SSSR count). The van der Waals surface area contributed by atoms with Crippen molar-refractivity contribution >= 4 is 12.4 Å². The lowest BCUT2D eigenvalue weighted by Gasteiger charge is -2.49. The van der Waals surface area contributed by atoms with Gasteiger partial charge in [0.1, 0.15) is 5.60 Å². The number of nitrogens with zero attached hydrogens (tertiary/aromatic N) is 2. The van der Waals surface area contributed by atoms with Crippen LogP contribution in [0.25, 0.3) is 0 Å². The molecule has 1 saturated carbocycles. The van der Waals surface area contributed by atoms with Crippen LogP contribution in [0.1, 0.15) is 57.9 Å². The highest BCUT2D eigenvalue weighted by atomic mass is 16.5. The van der Waals surface area contributed by atoms with E-state index in [-0.39, 0.29) is 16.9 Å². The molecule has 1 aromatic carbocycles. The van der Waals surface area contributed by atoms with Crippen molar-refractivity contribution in [2.24, 2.45) is 5.41 Å². The van der Waals surface area contributed by atoms with E-state index >= 15 is 0 Å². The number of rotatable bonds is 7. The van der Waals surface area contributed by atoms with Gasteiger partial charge in [-0.1, -0.05) is 30.3 Å². The van der Waals surface area contributed by atoms with Crippen molar-refractivity contribution in [3.63, 3.8) is 0 Å². The predicted molar refractivity (Wildman–Crippen MR) is 110 cm³/mol. The second-order valence-electron chi connectivity index (χ2n) is 9.51. The zero-order valence-electron chi connectivity index (χ0n) is 17.7. The zero-order valence-corrected chi connectivity index (χ0v) is 17.7. The lowest BCUT2D eigenvalue weighted by Crippen LogP contribution is -2.47. The molecule has 0 aromatic heterocycles.